The maximum absolute atomic E-state index is 14.2. The molecule has 0 aliphatic carbocycles. The molecular formula is C16H22FN3O. The number of fused-ring (bicyclic) bond motifs is 1. The van der Waals surface area contributed by atoms with E-state index in [0.29, 0.717) is 23.4 Å². The number of nitrogens with two attached hydrogens (primary N) is 1. The number of hydrogen-bond donors (Lipinski definition) is 3. The summed E-state index contributed by atoms with van der Waals surface area (Å²) in [6.07, 6.45) is 3.25. The van der Waals surface area contributed by atoms with Crippen molar-refractivity contribution in [3.8, 4) is 0 Å². The minimum Gasteiger partial charge on any atom is -0.398 e. The molecule has 4 N–H and O–H groups in total. The monoisotopic (exact) mass is 291 g/mol. The molecule has 0 atom stereocenters. The highest BCUT2D eigenvalue weighted by Gasteiger charge is 2.26. The average Bonchev–Trinajstić information content (AvgIpc) is 2.51. The standard InChI is InChI=1S/C16H22FN3O/c1-3-16(4-2,10-21)9-20-15-12(17)8-13(18)11-6-5-7-19-14(11)15/h5-8,20-21H,3-4,9-10,18H2,1-2H3. The molecule has 4 nitrogen and oxygen atoms in total. The van der Waals surface area contributed by atoms with Crippen molar-refractivity contribution in [1.29, 1.82) is 0 Å². The summed E-state index contributed by atoms with van der Waals surface area (Å²) in [5.41, 5.74) is 6.83. The van der Waals surface area contributed by atoms with Gasteiger partial charge in [0.2, 0.25) is 0 Å². The molecule has 2 aromatic rings. The number of anilines is 2. The van der Waals surface area contributed by atoms with Crippen molar-refractivity contribution in [3.63, 3.8) is 0 Å². The number of aliphatic hydroxyl groups is 1. The molecule has 1 aromatic heterocycles. The van der Waals surface area contributed by atoms with E-state index >= 15 is 0 Å². The van der Waals surface area contributed by atoms with Gasteiger partial charge >= 0.3 is 0 Å². The molecule has 0 aliphatic heterocycles. The molecule has 114 valence electrons. The summed E-state index contributed by atoms with van der Waals surface area (Å²) >= 11 is 0. The Hall–Kier alpha value is -1.88. The molecule has 21 heavy (non-hydrogen) atoms. The minimum atomic E-state index is -0.419. The molecule has 0 aliphatic rings. The molecule has 1 heterocycles. The third-order valence-electron chi connectivity index (χ3n) is 4.35. The lowest BCUT2D eigenvalue weighted by molar-refractivity contribution is 0.127. The maximum Gasteiger partial charge on any atom is 0.150 e. The molecule has 5 heteroatoms. The van der Waals surface area contributed by atoms with Gasteiger partial charge < -0.3 is 16.2 Å². The van der Waals surface area contributed by atoms with E-state index in [1.165, 1.54) is 6.07 Å². The quantitative estimate of drug-likeness (QED) is 0.715. The van der Waals surface area contributed by atoms with Crippen molar-refractivity contribution in [2.24, 2.45) is 5.41 Å². The van der Waals surface area contributed by atoms with Gasteiger partial charge in [0.15, 0.2) is 5.82 Å². The molecule has 0 amide bonds. The van der Waals surface area contributed by atoms with Crippen LogP contribution in [-0.4, -0.2) is 23.2 Å². The fraction of sp³-hybridized carbons (Fsp3) is 0.438. The van der Waals surface area contributed by atoms with Gasteiger partial charge in [-0.1, -0.05) is 13.8 Å². The first-order chi connectivity index (χ1) is 10.1. The number of aromatic nitrogens is 1. The van der Waals surface area contributed by atoms with Gasteiger partial charge in [0.05, 0.1) is 17.8 Å². The number of nitrogen functional groups attached to an aromatic ring is 1. The van der Waals surface area contributed by atoms with Crippen molar-refractivity contribution in [2.75, 3.05) is 24.2 Å². The molecule has 0 saturated carbocycles. The fourth-order valence-electron chi connectivity index (χ4n) is 2.46. The van der Waals surface area contributed by atoms with Crippen molar-refractivity contribution in [2.45, 2.75) is 26.7 Å². The van der Waals surface area contributed by atoms with Crippen molar-refractivity contribution < 1.29 is 9.50 Å². The minimum absolute atomic E-state index is 0.0644. The van der Waals surface area contributed by atoms with Gasteiger partial charge in [-0.3, -0.25) is 4.98 Å². The lowest BCUT2D eigenvalue weighted by Gasteiger charge is -2.30. The average molecular weight is 291 g/mol. The number of benzene rings is 1. The molecule has 0 fully saturated rings. The van der Waals surface area contributed by atoms with Gasteiger partial charge in [0.1, 0.15) is 0 Å². The van der Waals surface area contributed by atoms with E-state index in [1.54, 1.807) is 12.3 Å². The Kier molecular flexibility index (Phi) is 4.63. The van der Waals surface area contributed by atoms with Crippen molar-refractivity contribution in [1.82, 2.24) is 4.98 Å². The number of nitrogens with zero attached hydrogens (tertiary/aromatic N) is 1. The molecule has 0 saturated heterocycles. The summed E-state index contributed by atoms with van der Waals surface area (Å²) in [4.78, 5) is 4.24. The van der Waals surface area contributed by atoms with Crippen LogP contribution in [0.3, 0.4) is 0 Å². The van der Waals surface area contributed by atoms with Crippen LogP contribution in [0.2, 0.25) is 0 Å². The molecule has 0 bridgehead atoms. The Balaban J connectivity index is 2.39. The normalized spacial score (nSPS) is 11.8. The Morgan fingerprint density at radius 1 is 1.38 bits per heavy atom. The van der Waals surface area contributed by atoms with Crippen LogP contribution in [0.25, 0.3) is 10.9 Å². The third-order valence-corrected chi connectivity index (χ3v) is 4.35. The van der Waals surface area contributed by atoms with E-state index in [0.717, 1.165) is 18.2 Å². The zero-order chi connectivity index (χ0) is 15.5. The van der Waals surface area contributed by atoms with Crippen molar-refractivity contribution >= 4 is 22.3 Å². The summed E-state index contributed by atoms with van der Waals surface area (Å²) in [7, 11) is 0. The first kappa shape index (κ1) is 15.5. The smallest absolute Gasteiger partial charge is 0.150 e. The van der Waals surface area contributed by atoms with E-state index < -0.39 is 5.82 Å². The van der Waals surface area contributed by atoms with Gasteiger partial charge in [0, 0.05) is 29.2 Å². The molecule has 0 unspecified atom stereocenters. The second kappa shape index (κ2) is 6.26. The predicted octanol–water partition coefficient (Wildman–Crippen LogP) is 3.17. The first-order valence-corrected chi connectivity index (χ1v) is 7.24. The summed E-state index contributed by atoms with van der Waals surface area (Å²) in [5.74, 6) is -0.419. The van der Waals surface area contributed by atoms with Crippen LogP contribution in [-0.2, 0) is 0 Å². The number of nitrogens with one attached hydrogen (secondary N) is 1. The number of aliphatic hydroxyl groups excluding tert-OH is 1. The lowest BCUT2D eigenvalue weighted by Crippen LogP contribution is -2.32. The van der Waals surface area contributed by atoms with E-state index in [2.05, 4.69) is 10.3 Å². The highest BCUT2D eigenvalue weighted by Crippen LogP contribution is 2.32. The van der Waals surface area contributed by atoms with Crippen molar-refractivity contribution in [3.05, 3.63) is 30.2 Å². The number of pyridine rings is 1. The topological polar surface area (TPSA) is 71.2 Å². The fourth-order valence-corrected chi connectivity index (χ4v) is 2.46. The second-order valence-electron chi connectivity index (χ2n) is 5.44. The summed E-state index contributed by atoms with van der Waals surface area (Å²) in [6.45, 7) is 4.60. The van der Waals surface area contributed by atoms with Crippen LogP contribution >= 0.6 is 0 Å². The molecule has 1 aromatic carbocycles. The number of hydrogen-bond acceptors (Lipinski definition) is 4. The summed E-state index contributed by atoms with van der Waals surface area (Å²) in [5, 5.41) is 13.5. The molecule has 0 spiro atoms. The Morgan fingerprint density at radius 2 is 2.10 bits per heavy atom. The number of rotatable bonds is 6. The van der Waals surface area contributed by atoms with Gasteiger partial charge in [0.25, 0.3) is 0 Å². The largest absolute Gasteiger partial charge is 0.398 e. The van der Waals surface area contributed by atoms with Crippen LogP contribution in [0, 0.1) is 11.2 Å². The molecular weight excluding hydrogens is 269 g/mol. The maximum atomic E-state index is 14.2. The third kappa shape index (κ3) is 2.93. The second-order valence-corrected chi connectivity index (χ2v) is 5.44. The molecule has 0 radical (unpaired) electrons. The SMILES string of the molecule is CCC(CC)(CO)CNc1c(F)cc(N)c2cccnc12. The van der Waals surface area contributed by atoms with Crippen LogP contribution < -0.4 is 11.1 Å². The van der Waals surface area contributed by atoms with Crippen LogP contribution in [0.5, 0.6) is 0 Å². The molecule has 2 rings (SSSR count). The zero-order valence-electron chi connectivity index (χ0n) is 12.5. The Labute approximate surface area is 124 Å². The Morgan fingerprint density at radius 3 is 2.71 bits per heavy atom. The first-order valence-electron chi connectivity index (χ1n) is 7.24. The highest BCUT2D eigenvalue weighted by molar-refractivity contribution is 5.98. The van der Waals surface area contributed by atoms with Crippen LogP contribution in [0.1, 0.15) is 26.7 Å². The van der Waals surface area contributed by atoms with Crippen LogP contribution in [0.15, 0.2) is 24.4 Å². The van der Waals surface area contributed by atoms with E-state index in [-0.39, 0.29) is 12.0 Å². The lowest BCUT2D eigenvalue weighted by atomic mass is 9.83. The van der Waals surface area contributed by atoms with E-state index in [1.807, 2.05) is 19.9 Å². The van der Waals surface area contributed by atoms with Gasteiger partial charge in [-0.2, -0.15) is 0 Å². The predicted molar refractivity (Wildman–Crippen MR) is 84.7 cm³/mol. The van der Waals surface area contributed by atoms with Gasteiger partial charge in [-0.15, -0.1) is 0 Å². The number of halogens is 1. The van der Waals surface area contributed by atoms with Gasteiger partial charge in [-0.05, 0) is 31.0 Å². The zero-order valence-corrected chi connectivity index (χ0v) is 12.5. The summed E-state index contributed by atoms with van der Waals surface area (Å²) < 4.78 is 14.2. The highest BCUT2D eigenvalue weighted by atomic mass is 19.1. The summed E-state index contributed by atoms with van der Waals surface area (Å²) in [6, 6.07) is 4.91. The Bertz CT molecular complexity index is 618. The van der Waals surface area contributed by atoms with Crippen LogP contribution in [0.4, 0.5) is 15.8 Å². The van der Waals surface area contributed by atoms with Gasteiger partial charge in [-0.25, -0.2) is 4.39 Å². The van der Waals surface area contributed by atoms with E-state index in [9.17, 15) is 9.50 Å². The van der Waals surface area contributed by atoms with E-state index in [4.69, 9.17) is 5.73 Å².